The van der Waals surface area contributed by atoms with Crippen LogP contribution in [-0.4, -0.2) is 51.3 Å². The van der Waals surface area contributed by atoms with Gasteiger partial charge in [-0.25, -0.2) is 13.1 Å². The molecule has 0 spiro atoms. The predicted octanol–water partition coefficient (Wildman–Crippen LogP) is 3.84. The van der Waals surface area contributed by atoms with Gasteiger partial charge < -0.3 is 9.80 Å². The van der Waals surface area contributed by atoms with Gasteiger partial charge in [0.1, 0.15) is 0 Å². The number of anilines is 1. The fourth-order valence-corrected chi connectivity index (χ4v) is 6.03. The Bertz CT molecular complexity index is 1140. The molecule has 0 saturated carbocycles. The van der Waals surface area contributed by atoms with Crippen molar-refractivity contribution in [3.8, 4) is 0 Å². The molecule has 1 saturated heterocycles. The van der Waals surface area contributed by atoms with Gasteiger partial charge in [0.15, 0.2) is 0 Å². The molecule has 0 aromatic heterocycles. The molecule has 1 N–H and O–H groups in total. The van der Waals surface area contributed by atoms with Crippen LogP contribution in [0, 0.1) is 0 Å². The van der Waals surface area contributed by atoms with Gasteiger partial charge in [-0.3, -0.25) is 9.59 Å². The monoisotopic (exact) mass is 497 g/mol. The minimum absolute atomic E-state index is 0.0468. The molecule has 2 heterocycles. The standard InChI is InChI=1S/C27H35N3O4S/c1-21(22-9-5-4-6-10-22)20-28-35(33,34)24-11-12-25-23(19-24)15-18-30(25)27(32)14-13-26(31)29-16-7-2-3-8-17-29/h4-6,9-12,19,21,28H,2-3,7-8,13-18,20H2,1H3. The summed E-state index contributed by atoms with van der Waals surface area (Å²) in [5, 5.41) is 0. The van der Waals surface area contributed by atoms with Crippen LogP contribution in [0.2, 0.25) is 0 Å². The maximum Gasteiger partial charge on any atom is 0.240 e. The number of likely N-dealkylation sites (tertiary alicyclic amines) is 1. The highest BCUT2D eigenvalue weighted by Gasteiger charge is 2.27. The van der Waals surface area contributed by atoms with Crippen molar-refractivity contribution < 1.29 is 18.0 Å². The second-order valence-corrected chi connectivity index (χ2v) is 11.3. The molecule has 1 unspecified atom stereocenters. The lowest BCUT2D eigenvalue weighted by atomic mass is 10.0. The van der Waals surface area contributed by atoms with Gasteiger partial charge in [-0.05, 0) is 54.5 Å². The fourth-order valence-electron chi connectivity index (χ4n) is 4.85. The number of hydrogen-bond donors (Lipinski definition) is 1. The largest absolute Gasteiger partial charge is 0.343 e. The van der Waals surface area contributed by atoms with Gasteiger partial charge in [0, 0.05) is 44.7 Å². The lowest BCUT2D eigenvalue weighted by molar-refractivity contribution is -0.133. The van der Waals surface area contributed by atoms with Crippen molar-refractivity contribution in [2.45, 2.75) is 62.7 Å². The van der Waals surface area contributed by atoms with Crippen LogP contribution in [0.1, 0.15) is 62.5 Å². The predicted molar refractivity (Wildman–Crippen MR) is 137 cm³/mol. The first-order valence-electron chi connectivity index (χ1n) is 12.6. The van der Waals surface area contributed by atoms with E-state index in [-0.39, 0.29) is 35.5 Å². The Kier molecular flexibility index (Phi) is 8.23. The highest BCUT2D eigenvalue weighted by molar-refractivity contribution is 7.89. The van der Waals surface area contributed by atoms with Gasteiger partial charge in [-0.1, -0.05) is 50.1 Å². The number of carbonyl (C=O) groups excluding carboxylic acids is 2. The molecule has 2 aromatic rings. The van der Waals surface area contributed by atoms with Crippen molar-refractivity contribution in [3.05, 3.63) is 59.7 Å². The third-order valence-corrected chi connectivity index (χ3v) is 8.44. The number of nitrogens with one attached hydrogen (secondary N) is 1. The number of sulfonamides is 1. The molecular formula is C27H35N3O4S. The van der Waals surface area contributed by atoms with E-state index in [2.05, 4.69) is 4.72 Å². The van der Waals surface area contributed by atoms with Crippen molar-refractivity contribution in [2.75, 3.05) is 31.1 Å². The van der Waals surface area contributed by atoms with Crippen LogP contribution in [0.5, 0.6) is 0 Å². The van der Waals surface area contributed by atoms with E-state index in [1.807, 2.05) is 42.2 Å². The van der Waals surface area contributed by atoms with E-state index in [0.717, 1.165) is 55.6 Å². The molecule has 0 radical (unpaired) electrons. The molecule has 35 heavy (non-hydrogen) atoms. The number of carbonyl (C=O) groups is 2. The molecule has 188 valence electrons. The number of fused-ring (bicyclic) bond motifs is 1. The highest BCUT2D eigenvalue weighted by Crippen LogP contribution is 2.31. The minimum atomic E-state index is -3.66. The third-order valence-electron chi connectivity index (χ3n) is 7.02. The second kappa shape index (κ2) is 11.4. The van der Waals surface area contributed by atoms with E-state index in [9.17, 15) is 18.0 Å². The first kappa shape index (κ1) is 25.4. The summed E-state index contributed by atoms with van der Waals surface area (Å²) >= 11 is 0. The zero-order chi connectivity index (χ0) is 24.8. The van der Waals surface area contributed by atoms with E-state index < -0.39 is 10.0 Å². The average molecular weight is 498 g/mol. The Balaban J connectivity index is 1.35. The Morgan fingerprint density at radius 2 is 1.60 bits per heavy atom. The molecule has 7 nitrogen and oxygen atoms in total. The zero-order valence-corrected chi connectivity index (χ0v) is 21.2. The molecule has 1 atom stereocenters. The topological polar surface area (TPSA) is 86.8 Å². The number of amides is 2. The van der Waals surface area contributed by atoms with Gasteiger partial charge in [-0.15, -0.1) is 0 Å². The molecule has 2 aliphatic rings. The summed E-state index contributed by atoms with van der Waals surface area (Å²) in [6, 6.07) is 14.7. The lowest BCUT2D eigenvalue weighted by Crippen LogP contribution is -2.34. The number of nitrogens with zero attached hydrogens (tertiary/aromatic N) is 2. The summed E-state index contributed by atoms with van der Waals surface area (Å²) in [5.74, 6) is 0.0137. The van der Waals surface area contributed by atoms with Crippen molar-refractivity contribution in [2.24, 2.45) is 0 Å². The lowest BCUT2D eigenvalue weighted by Gasteiger charge is -2.21. The molecule has 0 aliphatic carbocycles. The summed E-state index contributed by atoms with van der Waals surface area (Å²) in [5.41, 5.74) is 2.66. The Labute approximate surface area is 208 Å². The van der Waals surface area contributed by atoms with E-state index in [0.29, 0.717) is 19.5 Å². The van der Waals surface area contributed by atoms with Crippen LogP contribution in [0.4, 0.5) is 5.69 Å². The van der Waals surface area contributed by atoms with Crippen LogP contribution in [0.3, 0.4) is 0 Å². The second-order valence-electron chi connectivity index (χ2n) is 9.54. The van der Waals surface area contributed by atoms with Gasteiger partial charge >= 0.3 is 0 Å². The first-order chi connectivity index (χ1) is 16.8. The van der Waals surface area contributed by atoms with E-state index >= 15 is 0 Å². The molecule has 2 aromatic carbocycles. The molecule has 8 heteroatoms. The van der Waals surface area contributed by atoms with Crippen LogP contribution < -0.4 is 9.62 Å². The number of rotatable bonds is 8. The number of hydrogen-bond acceptors (Lipinski definition) is 4. The molecule has 2 aliphatic heterocycles. The van der Waals surface area contributed by atoms with Crippen LogP contribution in [0.25, 0.3) is 0 Å². The first-order valence-corrected chi connectivity index (χ1v) is 14.1. The maximum absolute atomic E-state index is 12.9. The summed E-state index contributed by atoms with van der Waals surface area (Å²) in [6.07, 6.45) is 5.38. The van der Waals surface area contributed by atoms with Crippen molar-refractivity contribution in [3.63, 3.8) is 0 Å². The SMILES string of the molecule is CC(CNS(=O)(=O)c1ccc2c(c1)CCN2C(=O)CCC(=O)N1CCCCCC1)c1ccccc1. The Morgan fingerprint density at radius 3 is 2.31 bits per heavy atom. The highest BCUT2D eigenvalue weighted by atomic mass is 32.2. The summed E-state index contributed by atoms with van der Waals surface area (Å²) in [7, 11) is -3.66. The Hall–Kier alpha value is -2.71. The molecule has 0 bridgehead atoms. The molecule has 4 rings (SSSR count). The van der Waals surface area contributed by atoms with Crippen LogP contribution in [-0.2, 0) is 26.0 Å². The average Bonchev–Trinajstić information content (AvgIpc) is 3.10. The van der Waals surface area contributed by atoms with Crippen LogP contribution in [0.15, 0.2) is 53.4 Å². The molecular weight excluding hydrogens is 462 g/mol. The minimum Gasteiger partial charge on any atom is -0.343 e. The van der Waals surface area contributed by atoms with Crippen molar-refractivity contribution in [1.82, 2.24) is 9.62 Å². The van der Waals surface area contributed by atoms with Crippen molar-refractivity contribution in [1.29, 1.82) is 0 Å². The van der Waals surface area contributed by atoms with Crippen LogP contribution >= 0.6 is 0 Å². The van der Waals surface area contributed by atoms with Gasteiger partial charge in [0.2, 0.25) is 21.8 Å². The number of benzene rings is 2. The van der Waals surface area contributed by atoms with E-state index in [4.69, 9.17) is 0 Å². The summed E-state index contributed by atoms with van der Waals surface area (Å²) in [6.45, 7) is 4.37. The normalized spacial score (nSPS) is 17.1. The fraction of sp³-hybridized carbons (Fsp3) is 0.481. The quantitative estimate of drug-likeness (QED) is 0.600. The summed E-state index contributed by atoms with van der Waals surface area (Å²) in [4.78, 5) is 29.2. The van der Waals surface area contributed by atoms with Gasteiger partial charge in [0.05, 0.1) is 4.90 Å². The van der Waals surface area contributed by atoms with Gasteiger partial charge in [0.25, 0.3) is 0 Å². The summed E-state index contributed by atoms with van der Waals surface area (Å²) < 4.78 is 28.5. The van der Waals surface area contributed by atoms with E-state index in [1.165, 1.54) is 0 Å². The maximum atomic E-state index is 12.9. The smallest absolute Gasteiger partial charge is 0.240 e. The van der Waals surface area contributed by atoms with E-state index in [1.54, 1.807) is 23.1 Å². The third kappa shape index (κ3) is 6.30. The Morgan fingerprint density at radius 1 is 0.914 bits per heavy atom. The zero-order valence-electron chi connectivity index (χ0n) is 20.4. The van der Waals surface area contributed by atoms with Crippen molar-refractivity contribution >= 4 is 27.5 Å². The molecule has 1 fully saturated rings. The van der Waals surface area contributed by atoms with Gasteiger partial charge in [-0.2, -0.15) is 0 Å². The molecule has 2 amide bonds.